The number of rotatable bonds is 3. The first-order chi connectivity index (χ1) is 12.1. The minimum Gasteiger partial charge on any atom is -0.493 e. The van der Waals surface area contributed by atoms with Gasteiger partial charge in [0, 0.05) is 43.7 Å². The van der Waals surface area contributed by atoms with E-state index in [2.05, 4.69) is 10.1 Å². The molecule has 0 unspecified atom stereocenters. The van der Waals surface area contributed by atoms with Gasteiger partial charge in [-0.15, -0.1) is 0 Å². The summed E-state index contributed by atoms with van der Waals surface area (Å²) in [5, 5.41) is 4.20. The molecule has 4 rings (SSSR count). The van der Waals surface area contributed by atoms with Gasteiger partial charge in [0.1, 0.15) is 0 Å². The van der Waals surface area contributed by atoms with E-state index in [0.717, 1.165) is 11.1 Å². The molecule has 7 nitrogen and oxygen atoms in total. The van der Waals surface area contributed by atoms with Gasteiger partial charge in [-0.3, -0.25) is 14.5 Å². The first-order valence-corrected chi connectivity index (χ1v) is 7.93. The van der Waals surface area contributed by atoms with E-state index in [-0.39, 0.29) is 11.9 Å². The molecule has 128 valence electrons. The average Bonchev–Trinajstić information content (AvgIpc) is 3.22. The molecule has 1 amide bonds. The minimum atomic E-state index is -0.105. The summed E-state index contributed by atoms with van der Waals surface area (Å²) in [5.41, 5.74) is 3.18. The Hall–Kier alpha value is -3.09. The van der Waals surface area contributed by atoms with Crippen LogP contribution in [0.2, 0.25) is 0 Å². The third-order valence-corrected chi connectivity index (χ3v) is 4.51. The number of nitrogens with zero attached hydrogens (tertiary/aromatic N) is 4. The molecule has 2 aliphatic rings. The number of carbonyl (C=O) groups excluding carboxylic acids is 1. The molecule has 2 aromatic rings. The number of methoxy groups -OCH3 is 2. The van der Waals surface area contributed by atoms with Crippen molar-refractivity contribution in [1.82, 2.24) is 14.7 Å². The monoisotopic (exact) mass is 338 g/mol. The molecule has 7 heteroatoms. The lowest BCUT2D eigenvalue weighted by molar-refractivity contribution is 0.0817. The van der Waals surface area contributed by atoms with E-state index >= 15 is 0 Å². The molecular weight excluding hydrogens is 320 g/mol. The van der Waals surface area contributed by atoms with E-state index in [4.69, 9.17) is 9.47 Å². The van der Waals surface area contributed by atoms with Crippen LogP contribution in [0.3, 0.4) is 0 Å². The molecule has 25 heavy (non-hydrogen) atoms. The number of carbonyl (C=O) groups is 1. The van der Waals surface area contributed by atoms with Crippen molar-refractivity contribution in [2.75, 3.05) is 14.2 Å². The van der Waals surface area contributed by atoms with Gasteiger partial charge in [-0.1, -0.05) is 0 Å². The fourth-order valence-electron chi connectivity index (χ4n) is 3.20. The van der Waals surface area contributed by atoms with Crippen molar-refractivity contribution in [2.24, 2.45) is 12.0 Å². The Kier molecular flexibility index (Phi) is 3.56. The predicted molar refractivity (Wildman–Crippen MR) is 93.5 cm³/mol. The van der Waals surface area contributed by atoms with Crippen LogP contribution in [-0.4, -0.2) is 47.1 Å². The van der Waals surface area contributed by atoms with Crippen LogP contribution in [0.15, 0.2) is 35.7 Å². The number of fused-ring (bicyclic) bond motifs is 2. The molecule has 0 radical (unpaired) electrons. The summed E-state index contributed by atoms with van der Waals surface area (Å²) in [6, 6.07) is 3.31. The topological polar surface area (TPSA) is 69.0 Å². The van der Waals surface area contributed by atoms with Gasteiger partial charge >= 0.3 is 0 Å². The van der Waals surface area contributed by atoms with E-state index in [1.807, 2.05) is 31.9 Å². The van der Waals surface area contributed by atoms with Crippen LogP contribution >= 0.6 is 0 Å². The van der Waals surface area contributed by atoms with Crippen molar-refractivity contribution >= 4 is 23.4 Å². The molecule has 0 fully saturated rings. The van der Waals surface area contributed by atoms with Crippen molar-refractivity contribution in [3.63, 3.8) is 0 Å². The fraction of sp³-hybridized carbons (Fsp3) is 0.278. The normalized spacial score (nSPS) is 18.5. The molecule has 0 aliphatic carbocycles. The maximum atomic E-state index is 13.1. The van der Waals surface area contributed by atoms with E-state index in [1.165, 1.54) is 0 Å². The maximum absolute atomic E-state index is 13.1. The standard InChI is InChI=1S/C18H18N4O3/c1-21-9-12(7-20-21)11-4-13-8-19-15-6-17(25-3)16(24-2)5-14(15)18(23)22(13)10-11/h5-10,13H,4H2,1-3H3/t13-/m0/s1. The Bertz CT molecular complexity index is 913. The lowest BCUT2D eigenvalue weighted by atomic mass is 10.1. The largest absolute Gasteiger partial charge is 0.493 e. The van der Waals surface area contributed by atoms with E-state index in [0.29, 0.717) is 29.2 Å². The van der Waals surface area contributed by atoms with Crippen LogP contribution in [-0.2, 0) is 7.05 Å². The lowest BCUT2D eigenvalue weighted by Crippen LogP contribution is -2.32. The molecule has 0 bridgehead atoms. The van der Waals surface area contributed by atoms with Crippen LogP contribution in [0.5, 0.6) is 11.5 Å². The lowest BCUT2D eigenvalue weighted by Gasteiger charge is -2.18. The van der Waals surface area contributed by atoms with E-state index in [9.17, 15) is 4.79 Å². The number of aryl methyl sites for hydroxylation is 1. The molecule has 0 N–H and O–H groups in total. The Morgan fingerprint density at radius 2 is 1.96 bits per heavy atom. The Morgan fingerprint density at radius 1 is 1.20 bits per heavy atom. The molecule has 0 saturated carbocycles. The first kappa shape index (κ1) is 15.4. The number of ether oxygens (including phenoxy) is 2. The van der Waals surface area contributed by atoms with Gasteiger partial charge in [0.15, 0.2) is 11.5 Å². The van der Waals surface area contributed by atoms with Crippen LogP contribution in [0.1, 0.15) is 22.3 Å². The Labute approximate surface area is 145 Å². The summed E-state index contributed by atoms with van der Waals surface area (Å²) in [6.07, 6.45) is 8.17. The highest BCUT2D eigenvalue weighted by Gasteiger charge is 2.33. The number of hydrogen-bond donors (Lipinski definition) is 0. The molecule has 0 saturated heterocycles. The molecule has 1 atom stereocenters. The molecule has 1 aromatic carbocycles. The highest BCUT2D eigenvalue weighted by atomic mass is 16.5. The Morgan fingerprint density at radius 3 is 2.64 bits per heavy atom. The number of benzene rings is 1. The zero-order valence-corrected chi connectivity index (χ0v) is 14.3. The summed E-state index contributed by atoms with van der Waals surface area (Å²) >= 11 is 0. The van der Waals surface area contributed by atoms with Crippen molar-refractivity contribution in [1.29, 1.82) is 0 Å². The fourth-order valence-corrected chi connectivity index (χ4v) is 3.20. The van der Waals surface area contributed by atoms with Gasteiger partial charge in [-0.25, -0.2) is 0 Å². The summed E-state index contributed by atoms with van der Waals surface area (Å²) < 4.78 is 12.4. The quantitative estimate of drug-likeness (QED) is 0.862. The summed E-state index contributed by atoms with van der Waals surface area (Å²) in [7, 11) is 4.99. The second-order valence-corrected chi connectivity index (χ2v) is 6.04. The average molecular weight is 338 g/mol. The van der Waals surface area contributed by atoms with Crippen molar-refractivity contribution < 1.29 is 14.3 Å². The third kappa shape index (κ3) is 2.48. The van der Waals surface area contributed by atoms with Crippen LogP contribution in [0.25, 0.3) is 5.57 Å². The number of amides is 1. The van der Waals surface area contributed by atoms with Gasteiger partial charge < -0.3 is 14.4 Å². The summed E-state index contributed by atoms with van der Waals surface area (Å²) in [4.78, 5) is 19.3. The Balaban J connectivity index is 1.75. The molecule has 3 heterocycles. The summed E-state index contributed by atoms with van der Waals surface area (Å²) in [6.45, 7) is 0. The van der Waals surface area contributed by atoms with Gasteiger partial charge in [0.05, 0.1) is 37.7 Å². The van der Waals surface area contributed by atoms with Crippen LogP contribution in [0.4, 0.5) is 5.69 Å². The zero-order chi connectivity index (χ0) is 17.6. The van der Waals surface area contributed by atoms with Gasteiger partial charge in [-0.2, -0.15) is 5.10 Å². The van der Waals surface area contributed by atoms with Gasteiger partial charge in [0.2, 0.25) is 0 Å². The molecule has 0 spiro atoms. The summed E-state index contributed by atoms with van der Waals surface area (Å²) in [5.74, 6) is 0.969. The van der Waals surface area contributed by atoms with Crippen molar-refractivity contribution in [3.8, 4) is 11.5 Å². The number of aromatic nitrogens is 2. The minimum absolute atomic E-state index is 0.0997. The second-order valence-electron chi connectivity index (χ2n) is 6.04. The van der Waals surface area contributed by atoms with Crippen LogP contribution in [0, 0.1) is 0 Å². The highest BCUT2D eigenvalue weighted by Crippen LogP contribution is 2.39. The maximum Gasteiger partial charge on any atom is 0.260 e. The SMILES string of the molecule is COc1cc2c(cc1OC)C(=O)N1C=C(c3cnn(C)c3)C[C@H]1C=N2. The number of hydrogen-bond acceptors (Lipinski definition) is 5. The predicted octanol–water partition coefficient (Wildman–Crippen LogP) is 2.41. The highest BCUT2D eigenvalue weighted by molar-refractivity contribution is 6.05. The van der Waals surface area contributed by atoms with E-state index in [1.54, 1.807) is 35.9 Å². The van der Waals surface area contributed by atoms with Crippen molar-refractivity contribution in [3.05, 3.63) is 41.9 Å². The smallest absolute Gasteiger partial charge is 0.260 e. The van der Waals surface area contributed by atoms with Gasteiger partial charge in [-0.05, 0) is 11.6 Å². The van der Waals surface area contributed by atoms with Gasteiger partial charge in [0.25, 0.3) is 5.91 Å². The third-order valence-electron chi connectivity index (χ3n) is 4.51. The van der Waals surface area contributed by atoms with E-state index < -0.39 is 0 Å². The molecular formula is C18H18N4O3. The zero-order valence-electron chi connectivity index (χ0n) is 14.3. The molecule has 2 aliphatic heterocycles. The molecule has 1 aromatic heterocycles. The second kappa shape index (κ2) is 5.77. The van der Waals surface area contributed by atoms with Crippen LogP contribution < -0.4 is 9.47 Å². The van der Waals surface area contributed by atoms with Crippen molar-refractivity contribution in [2.45, 2.75) is 12.5 Å². The first-order valence-electron chi connectivity index (χ1n) is 7.93. The number of aliphatic imine (C=N–C) groups is 1.